The topological polar surface area (TPSA) is 26.0 Å². The van der Waals surface area contributed by atoms with Gasteiger partial charge in [-0.2, -0.15) is 0 Å². The summed E-state index contributed by atoms with van der Waals surface area (Å²) in [6.07, 6.45) is 1.82. The molecule has 1 atom stereocenters. The third-order valence-corrected chi connectivity index (χ3v) is 4.27. The Morgan fingerprint density at radius 1 is 1.64 bits per heavy atom. The van der Waals surface area contributed by atoms with Crippen LogP contribution in [0.3, 0.4) is 0 Å². The molecule has 14 heavy (non-hydrogen) atoms. The molecule has 0 aliphatic carbocycles. The van der Waals surface area contributed by atoms with Gasteiger partial charge in [0.15, 0.2) is 0 Å². The number of hydrogen-bond acceptors (Lipinski definition) is 2. The number of thiophene rings is 1. The quantitative estimate of drug-likeness (QED) is 0.835. The fourth-order valence-corrected chi connectivity index (χ4v) is 2.77. The highest BCUT2D eigenvalue weighted by atomic mass is 79.9. The van der Waals surface area contributed by atoms with Gasteiger partial charge in [0.1, 0.15) is 0 Å². The van der Waals surface area contributed by atoms with Gasteiger partial charge < -0.3 is 5.73 Å². The lowest BCUT2D eigenvalue weighted by atomic mass is 10.1. The third-order valence-electron chi connectivity index (χ3n) is 2.00. The van der Waals surface area contributed by atoms with E-state index in [4.69, 9.17) is 5.73 Å². The molecular weight excluding hydrogens is 258 g/mol. The Morgan fingerprint density at radius 3 is 2.86 bits per heavy atom. The van der Waals surface area contributed by atoms with Crippen molar-refractivity contribution in [3.63, 3.8) is 0 Å². The minimum Gasteiger partial charge on any atom is -0.323 e. The van der Waals surface area contributed by atoms with Gasteiger partial charge in [-0.3, -0.25) is 0 Å². The summed E-state index contributed by atoms with van der Waals surface area (Å²) in [6.45, 7) is 3.94. The van der Waals surface area contributed by atoms with E-state index in [9.17, 15) is 0 Å². The van der Waals surface area contributed by atoms with Gasteiger partial charge in [0.05, 0.1) is 3.79 Å². The van der Waals surface area contributed by atoms with Crippen LogP contribution in [0.15, 0.2) is 9.85 Å². The minimum absolute atomic E-state index is 0.130. The van der Waals surface area contributed by atoms with Gasteiger partial charge in [-0.25, -0.2) is 0 Å². The first-order valence-electron chi connectivity index (χ1n) is 4.56. The maximum absolute atomic E-state index is 6.04. The first-order chi connectivity index (χ1) is 6.65. The van der Waals surface area contributed by atoms with Crippen LogP contribution in [0.2, 0.25) is 0 Å². The monoisotopic (exact) mass is 271 g/mol. The summed E-state index contributed by atoms with van der Waals surface area (Å²) in [5.74, 6) is 5.91. The van der Waals surface area contributed by atoms with Crippen molar-refractivity contribution in [1.29, 1.82) is 0 Å². The largest absolute Gasteiger partial charge is 0.323 e. The Kier molecular flexibility index (Phi) is 4.67. The predicted molar refractivity (Wildman–Crippen MR) is 66.4 cm³/mol. The van der Waals surface area contributed by atoms with Crippen LogP contribution in [0.4, 0.5) is 0 Å². The molecule has 0 spiro atoms. The summed E-state index contributed by atoms with van der Waals surface area (Å²) in [5.41, 5.74) is 7.31. The molecule has 0 bridgehead atoms. The Morgan fingerprint density at radius 2 is 2.36 bits per heavy atom. The fourth-order valence-electron chi connectivity index (χ4n) is 1.16. The van der Waals surface area contributed by atoms with Crippen molar-refractivity contribution in [3.05, 3.63) is 20.3 Å². The highest BCUT2D eigenvalue weighted by Crippen LogP contribution is 2.31. The maximum atomic E-state index is 6.04. The first-order valence-corrected chi connectivity index (χ1v) is 6.17. The lowest BCUT2D eigenvalue weighted by Gasteiger charge is -2.05. The molecule has 1 nitrogen and oxygen atoms in total. The normalized spacial score (nSPS) is 12.0. The van der Waals surface area contributed by atoms with E-state index in [1.807, 2.05) is 6.92 Å². The van der Waals surface area contributed by atoms with Gasteiger partial charge in [0.25, 0.3) is 0 Å². The van der Waals surface area contributed by atoms with Gasteiger partial charge in [-0.1, -0.05) is 0 Å². The maximum Gasteiger partial charge on any atom is 0.0731 e. The Hall–Kier alpha value is -0.300. The molecule has 2 N–H and O–H groups in total. The highest BCUT2D eigenvalue weighted by molar-refractivity contribution is 9.11. The molecule has 76 valence electrons. The molecule has 0 aliphatic rings. The molecule has 0 saturated carbocycles. The first kappa shape index (κ1) is 11.8. The summed E-state index contributed by atoms with van der Waals surface area (Å²) in [7, 11) is 0. The number of hydrogen-bond donors (Lipinski definition) is 1. The van der Waals surface area contributed by atoms with Crippen LogP contribution in [0.1, 0.15) is 36.2 Å². The zero-order chi connectivity index (χ0) is 10.6. The Balaban J connectivity index is 2.58. The van der Waals surface area contributed by atoms with E-state index in [1.54, 1.807) is 11.3 Å². The molecule has 0 saturated heterocycles. The van der Waals surface area contributed by atoms with E-state index in [0.29, 0.717) is 0 Å². The second kappa shape index (κ2) is 5.55. The van der Waals surface area contributed by atoms with E-state index >= 15 is 0 Å². The molecule has 1 aromatic heterocycles. The second-order valence-corrected chi connectivity index (χ2v) is 5.58. The number of rotatable bonds is 3. The lowest BCUT2D eigenvalue weighted by Crippen LogP contribution is -2.07. The van der Waals surface area contributed by atoms with Gasteiger partial charge in [0.2, 0.25) is 0 Å². The average molecular weight is 272 g/mol. The molecule has 1 rings (SSSR count). The SMILES string of the molecule is CC#CCCC(N)c1cc(C)c(Br)s1. The molecule has 0 amide bonds. The van der Waals surface area contributed by atoms with Crippen LogP contribution in [0.5, 0.6) is 0 Å². The predicted octanol–water partition coefficient (Wildman–Crippen LogP) is 3.62. The number of aryl methyl sites for hydroxylation is 1. The van der Waals surface area contributed by atoms with Crippen LogP contribution in [0.25, 0.3) is 0 Å². The smallest absolute Gasteiger partial charge is 0.0731 e. The molecule has 3 heteroatoms. The van der Waals surface area contributed by atoms with E-state index in [-0.39, 0.29) is 6.04 Å². The van der Waals surface area contributed by atoms with Crippen molar-refractivity contribution in [2.24, 2.45) is 5.73 Å². The molecular formula is C11H14BrNS. The van der Waals surface area contributed by atoms with E-state index in [2.05, 4.69) is 40.8 Å². The molecule has 1 unspecified atom stereocenters. The second-order valence-electron chi connectivity index (χ2n) is 3.18. The van der Waals surface area contributed by atoms with Crippen molar-refractivity contribution in [1.82, 2.24) is 0 Å². The molecule has 0 aliphatic heterocycles. The highest BCUT2D eigenvalue weighted by Gasteiger charge is 2.09. The molecule has 0 radical (unpaired) electrons. The van der Waals surface area contributed by atoms with E-state index in [0.717, 1.165) is 12.8 Å². The summed E-state index contributed by atoms with van der Waals surface area (Å²) in [4.78, 5) is 1.24. The van der Waals surface area contributed by atoms with Crippen LogP contribution in [0, 0.1) is 18.8 Å². The van der Waals surface area contributed by atoms with Gasteiger partial charge >= 0.3 is 0 Å². The standard InChI is InChI=1S/C11H14BrNS/c1-3-4-5-6-9(13)10-7-8(2)11(12)14-10/h7,9H,5-6,13H2,1-2H3. The van der Waals surface area contributed by atoms with Crippen LogP contribution < -0.4 is 5.73 Å². The minimum atomic E-state index is 0.130. The van der Waals surface area contributed by atoms with Crippen LogP contribution >= 0.6 is 27.3 Å². The van der Waals surface area contributed by atoms with Crippen LogP contribution in [-0.2, 0) is 0 Å². The molecule has 1 heterocycles. The zero-order valence-corrected chi connectivity index (χ0v) is 10.8. The molecule has 1 aromatic rings. The van der Waals surface area contributed by atoms with Crippen molar-refractivity contribution >= 4 is 27.3 Å². The summed E-state index contributed by atoms with van der Waals surface area (Å²) < 4.78 is 1.18. The molecule has 0 fully saturated rings. The fraction of sp³-hybridized carbons (Fsp3) is 0.455. The van der Waals surface area contributed by atoms with Crippen LogP contribution in [-0.4, -0.2) is 0 Å². The van der Waals surface area contributed by atoms with E-state index in [1.165, 1.54) is 14.2 Å². The zero-order valence-electron chi connectivity index (χ0n) is 8.43. The third kappa shape index (κ3) is 3.13. The van der Waals surface area contributed by atoms with Crippen molar-refractivity contribution < 1.29 is 0 Å². The van der Waals surface area contributed by atoms with Crippen molar-refractivity contribution in [2.75, 3.05) is 0 Å². The van der Waals surface area contributed by atoms with Gasteiger partial charge in [-0.05, 0) is 47.8 Å². The summed E-state index contributed by atoms with van der Waals surface area (Å²) in [5, 5.41) is 0. The number of nitrogens with two attached hydrogens (primary N) is 1. The Bertz CT molecular complexity index is 340. The molecule has 0 aromatic carbocycles. The van der Waals surface area contributed by atoms with Gasteiger partial charge in [0, 0.05) is 17.3 Å². The lowest BCUT2D eigenvalue weighted by molar-refractivity contribution is 0.679. The summed E-state index contributed by atoms with van der Waals surface area (Å²) >= 11 is 5.23. The summed E-state index contributed by atoms with van der Waals surface area (Å²) in [6, 6.07) is 2.28. The van der Waals surface area contributed by atoms with Crippen molar-refractivity contribution in [2.45, 2.75) is 32.7 Å². The van der Waals surface area contributed by atoms with E-state index < -0.39 is 0 Å². The number of halogens is 1. The average Bonchev–Trinajstić information content (AvgIpc) is 2.47. The van der Waals surface area contributed by atoms with Crippen molar-refractivity contribution in [3.8, 4) is 11.8 Å². The Labute approximate surface area is 97.8 Å². The van der Waals surface area contributed by atoms with Gasteiger partial charge in [-0.15, -0.1) is 23.2 Å².